The predicted molar refractivity (Wildman–Crippen MR) is 131 cm³/mol. The van der Waals surface area contributed by atoms with E-state index in [2.05, 4.69) is 41.5 Å². The van der Waals surface area contributed by atoms with Crippen LogP contribution in [-0.4, -0.2) is 57.9 Å². The first-order chi connectivity index (χ1) is 14.9. The molecule has 0 bridgehead atoms. The van der Waals surface area contributed by atoms with Crippen LogP contribution in [0.1, 0.15) is 53.2 Å². The zero-order chi connectivity index (χ0) is 23.1. The SMILES string of the molecule is CC[Si](CC)(CC)OC1[C@H](O)C(O[Si](CC)(CC)CC)[C@H](c2ccccc2)O[C@@H]1CO. The summed E-state index contributed by atoms with van der Waals surface area (Å²) in [5.74, 6) is 0. The van der Waals surface area contributed by atoms with Gasteiger partial charge in [-0.15, -0.1) is 0 Å². The summed E-state index contributed by atoms with van der Waals surface area (Å²) in [4.78, 5) is 0. The van der Waals surface area contributed by atoms with E-state index in [0.717, 1.165) is 41.8 Å². The van der Waals surface area contributed by atoms with Crippen molar-refractivity contribution in [2.45, 2.75) is 108 Å². The summed E-state index contributed by atoms with van der Waals surface area (Å²) < 4.78 is 20.0. The van der Waals surface area contributed by atoms with E-state index >= 15 is 0 Å². The van der Waals surface area contributed by atoms with Gasteiger partial charge in [-0.05, 0) is 41.8 Å². The number of hydrogen-bond acceptors (Lipinski definition) is 5. The van der Waals surface area contributed by atoms with Crippen molar-refractivity contribution >= 4 is 16.6 Å². The van der Waals surface area contributed by atoms with Gasteiger partial charge in [0.25, 0.3) is 0 Å². The van der Waals surface area contributed by atoms with Crippen molar-refractivity contribution < 1.29 is 23.8 Å². The Hall–Kier alpha value is -0.546. The van der Waals surface area contributed by atoms with E-state index < -0.39 is 47.2 Å². The van der Waals surface area contributed by atoms with Crippen molar-refractivity contribution in [3.8, 4) is 0 Å². The van der Waals surface area contributed by atoms with Crippen LogP contribution >= 0.6 is 0 Å². The van der Waals surface area contributed by atoms with Gasteiger partial charge >= 0.3 is 0 Å². The highest BCUT2D eigenvalue weighted by molar-refractivity contribution is 6.74. The van der Waals surface area contributed by atoms with Gasteiger partial charge in [-0.3, -0.25) is 0 Å². The molecule has 0 radical (unpaired) electrons. The van der Waals surface area contributed by atoms with E-state index in [9.17, 15) is 10.2 Å². The molecule has 0 aromatic heterocycles. The molecule has 2 unspecified atom stereocenters. The molecule has 0 amide bonds. The van der Waals surface area contributed by atoms with E-state index in [1.54, 1.807) is 0 Å². The second kappa shape index (κ2) is 12.1. The Morgan fingerprint density at radius 3 is 1.65 bits per heavy atom. The maximum absolute atomic E-state index is 11.7. The molecule has 0 spiro atoms. The molecule has 2 rings (SSSR count). The smallest absolute Gasteiger partial charge is 0.192 e. The molecule has 1 aromatic rings. The first-order valence-corrected chi connectivity index (χ1v) is 17.3. The van der Waals surface area contributed by atoms with E-state index in [-0.39, 0.29) is 6.61 Å². The highest BCUT2D eigenvalue weighted by Crippen LogP contribution is 2.40. The van der Waals surface area contributed by atoms with Gasteiger partial charge in [-0.1, -0.05) is 71.9 Å². The fraction of sp³-hybridized carbons (Fsp3) is 0.750. The molecule has 1 aliphatic rings. The summed E-state index contributed by atoms with van der Waals surface area (Å²) in [6.45, 7) is 12.9. The van der Waals surface area contributed by atoms with Crippen molar-refractivity contribution in [2.24, 2.45) is 0 Å². The lowest BCUT2D eigenvalue weighted by Crippen LogP contribution is -2.62. The molecular weight excluding hydrogens is 424 g/mol. The van der Waals surface area contributed by atoms with Crippen LogP contribution in [0.5, 0.6) is 0 Å². The zero-order valence-electron chi connectivity index (χ0n) is 20.3. The lowest BCUT2D eigenvalue weighted by atomic mass is 9.91. The third-order valence-electron chi connectivity index (χ3n) is 7.61. The summed E-state index contributed by atoms with van der Waals surface area (Å²) in [5, 5.41) is 21.8. The number of aliphatic hydroxyl groups excluding tert-OH is 2. The number of aliphatic hydroxyl groups is 2. The van der Waals surface area contributed by atoms with Gasteiger partial charge in [0.05, 0.1) is 6.61 Å². The van der Waals surface area contributed by atoms with Crippen molar-refractivity contribution in [3.63, 3.8) is 0 Å². The first kappa shape index (κ1) is 26.7. The molecular formula is C24H44O5Si2. The Bertz CT molecular complexity index is 620. The van der Waals surface area contributed by atoms with Crippen molar-refractivity contribution in [1.29, 1.82) is 0 Å². The molecule has 5 nitrogen and oxygen atoms in total. The summed E-state index contributed by atoms with van der Waals surface area (Å²) in [7, 11) is -4.03. The molecule has 1 aliphatic heterocycles. The topological polar surface area (TPSA) is 68.2 Å². The van der Waals surface area contributed by atoms with Gasteiger partial charge < -0.3 is 23.8 Å². The molecule has 0 saturated carbocycles. The van der Waals surface area contributed by atoms with Crippen LogP contribution in [0.3, 0.4) is 0 Å². The fourth-order valence-electron chi connectivity index (χ4n) is 4.84. The van der Waals surface area contributed by atoms with Gasteiger partial charge in [0, 0.05) is 0 Å². The van der Waals surface area contributed by atoms with Crippen molar-refractivity contribution in [3.05, 3.63) is 35.9 Å². The average molecular weight is 469 g/mol. The van der Waals surface area contributed by atoms with E-state index in [0.29, 0.717) is 0 Å². The average Bonchev–Trinajstić information content (AvgIpc) is 2.83. The standard InChI is InChI=1S/C24H44O5Si2/c1-7-30(8-2,9-3)28-23-20(18-25)27-22(19-16-14-13-15-17-19)24(21(23)26)29-31(10-4,11-5)12-6/h13-17,20-26H,7-12,18H2,1-6H3/t20-,21+,22+,23?,24?/m1/s1. The Balaban J connectivity index is 2.46. The second-order valence-corrected chi connectivity index (χ2v) is 18.3. The molecule has 7 heteroatoms. The third kappa shape index (κ3) is 5.88. The van der Waals surface area contributed by atoms with Gasteiger partial charge in [0.2, 0.25) is 0 Å². The molecule has 2 N–H and O–H groups in total. The molecule has 5 atom stereocenters. The van der Waals surface area contributed by atoms with Crippen LogP contribution in [0.25, 0.3) is 0 Å². The Morgan fingerprint density at radius 1 is 0.774 bits per heavy atom. The monoisotopic (exact) mass is 468 g/mol. The highest BCUT2D eigenvalue weighted by Gasteiger charge is 2.51. The highest BCUT2D eigenvalue weighted by atomic mass is 28.4. The van der Waals surface area contributed by atoms with Crippen LogP contribution < -0.4 is 0 Å². The number of benzene rings is 1. The van der Waals surface area contributed by atoms with Crippen LogP contribution in [0.4, 0.5) is 0 Å². The first-order valence-electron chi connectivity index (χ1n) is 12.2. The minimum atomic E-state index is -2.01. The molecule has 1 fully saturated rings. The van der Waals surface area contributed by atoms with Gasteiger partial charge in [-0.2, -0.15) is 0 Å². The Kier molecular flexibility index (Phi) is 10.4. The quantitative estimate of drug-likeness (QED) is 0.410. The number of ether oxygens (including phenoxy) is 1. The summed E-state index contributed by atoms with van der Waals surface area (Å²) >= 11 is 0. The van der Waals surface area contributed by atoms with Crippen LogP contribution in [-0.2, 0) is 13.6 Å². The fourth-order valence-corrected chi connectivity index (χ4v) is 10.6. The molecule has 1 saturated heterocycles. The summed E-state index contributed by atoms with van der Waals surface area (Å²) in [6.07, 6.45) is -2.91. The van der Waals surface area contributed by atoms with Crippen LogP contribution in [0.2, 0.25) is 36.3 Å². The number of hydrogen-bond donors (Lipinski definition) is 2. The van der Waals surface area contributed by atoms with Gasteiger partial charge in [0.15, 0.2) is 16.6 Å². The molecule has 178 valence electrons. The summed E-state index contributed by atoms with van der Waals surface area (Å²) in [5.41, 5.74) is 0.972. The molecule has 31 heavy (non-hydrogen) atoms. The van der Waals surface area contributed by atoms with Crippen LogP contribution in [0.15, 0.2) is 30.3 Å². The third-order valence-corrected chi connectivity index (χ3v) is 16.9. The molecule has 1 heterocycles. The van der Waals surface area contributed by atoms with Crippen LogP contribution in [0, 0.1) is 0 Å². The normalized spacial score (nSPS) is 27.4. The van der Waals surface area contributed by atoms with Gasteiger partial charge in [-0.25, -0.2) is 0 Å². The number of rotatable bonds is 12. The second-order valence-electron chi connectivity index (χ2n) is 8.83. The van der Waals surface area contributed by atoms with Crippen molar-refractivity contribution in [2.75, 3.05) is 6.61 Å². The molecule has 1 aromatic carbocycles. The minimum Gasteiger partial charge on any atom is -0.408 e. The Labute approximate surface area is 191 Å². The maximum Gasteiger partial charge on any atom is 0.192 e. The lowest BCUT2D eigenvalue weighted by Gasteiger charge is -2.49. The largest absolute Gasteiger partial charge is 0.408 e. The summed E-state index contributed by atoms with van der Waals surface area (Å²) in [6, 6.07) is 15.9. The van der Waals surface area contributed by atoms with Gasteiger partial charge in [0.1, 0.15) is 30.5 Å². The molecule has 0 aliphatic carbocycles. The zero-order valence-corrected chi connectivity index (χ0v) is 22.3. The van der Waals surface area contributed by atoms with E-state index in [1.165, 1.54) is 0 Å². The Morgan fingerprint density at radius 2 is 1.23 bits per heavy atom. The van der Waals surface area contributed by atoms with E-state index in [1.807, 2.05) is 30.3 Å². The van der Waals surface area contributed by atoms with Crippen molar-refractivity contribution in [1.82, 2.24) is 0 Å². The lowest BCUT2D eigenvalue weighted by molar-refractivity contribution is -0.223. The predicted octanol–water partition coefficient (Wildman–Crippen LogP) is 5.26. The minimum absolute atomic E-state index is 0.183. The van der Waals surface area contributed by atoms with E-state index in [4.69, 9.17) is 13.6 Å². The maximum atomic E-state index is 11.7.